The van der Waals surface area contributed by atoms with Crippen LogP contribution in [0.1, 0.15) is 19.8 Å². The standard InChI is InChI=1S/C11H20N4O2S/c1-9(10-3-4-10)14(2)18(16,17)11-7-13-15(8-11)6-5-12/h7-10H,3-6,12H2,1-2H3. The van der Waals surface area contributed by atoms with Gasteiger partial charge in [0, 0.05) is 25.8 Å². The summed E-state index contributed by atoms with van der Waals surface area (Å²) in [5.41, 5.74) is 5.41. The molecule has 0 spiro atoms. The molecule has 0 amide bonds. The second kappa shape index (κ2) is 4.99. The average molecular weight is 272 g/mol. The van der Waals surface area contributed by atoms with Gasteiger partial charge in [-0.25, -0.2) is 8.42 Å². The van der Waals surface area contributed by atoms with E-state index in [9.17, 15) is 8.42 Å². The van der Waals surface area contributed by atoms with E-state index in [0.717, 1.165) is 12.8 Å². The summed E-state index contributed by atoms with van der Waals surface area (Å²) in [6, 6.07) is 0.0489. The van der Waals surface area contributed by atoms with E-state index in [-0.39, 0.29) is 10.9 Å². The van der Waals surface area contributed by atoms with Crippen LogP contribution in [-0.2, 0) is 16.6 Å². The summed E-state index contributed by atoms with van der Waals surface area (Å²) in [5, 5.41) is 4.01. The van der Waals surface area contributed by atoms with Gasteiger partial charge in [0.05, 0.1) is 12.7 Å². The van der Waals surface area contributed by atoms with Crippen LogP contribution in [0.4, 0.5) is 0 Å². The van der Waals surface area contributed by atoms with Crippen molar-refractivity contribution >= 4 is 10.0 Å². The van der Waals surface area contributed by atoms with Crippen LogP contribution in [0, 0.1) is 5.92 Å². The summed E-state index contributed by atoms with van der Waals surface area (Å²) in [7, 11) is -1.79. The predicted molar refractivity (Wildman–Crippen MR) is 68.4 cm³/mol. The van der Waals surface area contributed by atoms with Gasteiger partial charge in [-0.05, 0) is 25.7 Å². The fraction of sp³-hybridized carbons (Fsp3) is 0.727. The summed E-state index contributed by atoms with van der Waals surface area (Å²) < 4.78 is 27.7. The zero-order valence-electron chi connectivity index (χ0n) is 10.8. The molecular formula is C11H20N4O2S. The van der Waals surface area contributed by atoms with Crippen molar-refractivity contribution in [3.8, 4) is 0 Å². The molecule has 2 N–H and O–H groups in total. The molecule has 102 valence electrons. The first-order valence-electron chi connectivity index (χ1n) is 6.17. The number of nitrogens with zero attached hydrogens (tertiary/aromatic N) is 3. The van der Waals surface area contributed by atoms with Gasteiger partial charge >= 0.3 is 0 Å². The van der Waals surface area contributed by atoms with Gasteiger partial charge in [-0.15, -0.1) is 0 Å². The van der Waals surface area contributed by atoms with Crippen LogP contribution in [0.2, 0.25) is 0 Å². The molecule has 7 heteroatoms. The van der Waals surface area contributed by atoms with E-state index in [2.05, 4.69) is 5.10 Å². The van der Waals surface area contributed by atoms with E-state index < -0.39 is 10.0 Å². The van der Waals surface area contributed by atoms with Crippen LogP contribution in [0.15, 0.2) is 17.3 Å². The highest BCUT2D eigenvalue weighted by Crippen LogP contribution is 2.36. The maximum atomic E-state index is 12.4. The zero-order chi connectivity index (χ0) is 13.3. The smallest absolute Gasteiger partial charge is 0.246 e. The Bertz CT molecular complexity index is 507. The highest BCUT2D eigenvalue weighted by Gasteiger charge is 2.36. The van der Waals surface area contributed by atoms with Crippen LogP contribution in [0.3, 0.4) is 0 Å². The molecule has 0 bridgehead atoms. The second-order valence-corrected chi connectivity index (χ2v) is 6.82. The minimum atomic E-state index is -3.43. The van der Waals surface area contributed by atoms with Gasteiger partial charge in [-0.1, -0.05) is 0 Å². The summed E-state index contributed by atoms with van der Waals surface area (Å²) in [6.45, 7) is 2.92. The molecule has 1 aromatic heterocycles. The molecule has 0 saturated heterocycles. The van der Waals surface area contributed by atoms with E-state index in [1.165, 1.54) is 16.7 Å². The number of aromatic nitrogens is 2. The molecule has 1 aliphatic rings. The molecule has 1 fully saturated rings. The van der Waals surface area contributed by atoms with E-state index in [4.69, 9.17) is 5.73 Å². The fourth-order valence-corrected chi connectivity index (χ4v) is 3.37. The molecule has 6 nitrogen and oxygen atoms in total. The Morgan fingerprint density at radius 3 is 2.83 bits per heavy atom. The lowest BCUT2D eigenvalue weighted by Gasteiger charge is -2.23. The molecule has 1 unspecified atom stereocenters. The summed E-state index contributed by atoms with van der Waals surface area (Å²) in [4.78, 5) is 0.242. The molecule has 0 radical (unpaired) electrons. The monoisotopic (exact) mass is 272 g/mol. The van der Waals surface area contributed by atoms with Gasteiger partial charge in [0.25, 0.3) is 0 Å². The number of hydrogen-bond acceptors (Lipinski definition) is 4. The van der Waals surface area contributed by atoms with Gasteiger partial charge in [0.15, 0.2) is 0 Å². The molecule has 1 atom stereocenters. The van der Waals surface area contributed by atoms with Crippen molar-refractivity contribution in [2.24, 2.45) is 11.7 Å². The van der Waals surface area contributed by atoms with E-state index >= 15 is 0 Å². The third-order valence-corrected chi connectivity index (χ3v) is 5.42. The Balaban J connectivity index is 2.17. The quantitative estimate of drug-likeness (QED) is 0.805. The SMILES string of the molecule is CC(C1CC1)N(C)S(=O)(=O)c1cnn(CCN)c1. The van der Waals surface area contributed by atoms with Crippen LogP contribution in [0.25, 0.3) is 0 Å². The Kier molecular flexibility index (Phi) is 3.74. The predicted octanol–water partition coefficient (Wildman–Crippen LogP) is 0.261. The lowest BCUT2D eigenvalue weighted by Crippen LogP contribution is -2.36. The lowest BCUT2D eigenvalue weighted by atomic mass is 10.2. The number of hydrogen-bond donors (Lipinski definition) is 1. The first-order chi connectivity index (χ1) is 8.46. The van der Waals surface area contributed by atoms with Crippen molar-refractivity contribution in [2.75, 3.05) is 13.6 Å². The third-order valence-electron chi connectivity index (χ3n) is 3.52. The van der Waals surface area contributed by atoms with Gasteiger partial charge in [-0.2, -0.15) is 9.40 Å². The minimum Gasteiger partial charge on any atom is -0.329 e. The van der Waals surface area contributed by atoms with Crippen LogP contribution >= 0.6 is 0 Å². The topological polar surface area (TPSA) is 81.2 Å². The van der Waals surface area contributed by atoms with Crippen LogP contribution in [-0.4, -0.2) is 42.1 Å². The lowest BCUT2D eigenvalue weighted by molar-refractivity contribution is 0.357. The Hall–Kier alpha value is -0.920. The second-order valence-electron chi connectivity index (χ2n) is 4.83. The molecule has 1 saturated carbocycles. The van der Waals surface area contributed by atoms with Gasteiger partial charge in [-0.3, -0.25) is 4.68 Å². The van der Waals surface area contributed by atoms with Crippen molar-refractivity contribution in [1.82, 2.24) is 14.1 Å². The maximum Gasteiger partial charge on any atom is 0.246 e. The van der Waals surface area contributed by atoms with E-state index in [1.54, 1.807) is 11.7 Å². The molecule has 1 aliphatic carbocycles. The summed E-state index contributed by atoms with van der Waals surface area (Å²) >= 11 is 0. The minimum absolute atomic E-state index is 0.0489. The Morgan fingerprint density at radius 1 is 1.61 bits per heavy atom. The first-order valence-corrected chi connectivity index (χ1v) is 7.61. The Labute approximate surface area is 108 Å². The summed E-state index contributed by atoms with van der Waals surface area (Å²) in [5.74, 6) is 0.504. The van der Waals surface area contributed by atoms with Crippen molar-refractivity contribution < 1.29 is 8.42 Å². The van der Waals surface area contributed by atoms with Crippen molar-refractivity contribution in [1.29, 1.82) is 0 Å². The molecule has 2 rings (SSSR count). The van der Waals surface area contributed by atoms with E-state index in [0.29, 0.717) is 19.0 Å². The molecular weight excluding hydrogens is 252 g/mol. The number of rotatable bonds is 6. The summed E-state index contributed by atoms with van der Waals surface area (Å²) in [6.07, 6.45) is 5.17. The van der Waals surface area contributed by atoms with Gasteiger partial charge in [0.1, 0.15) is 4.90 Å². The van der Waals surface area contributed by atoms with Crippen molar-refractivity contribution in [2.45, 2.75) is 37.2 Å². The van der Waals surface area contributed by atoms with Crippen LogP contribution in [0.5, 0.6) is 0 Å². The number of sulfonamides is 1. The molecule has 1 aromatic rings. The zero-order valence-corrected chi connectivity index (χ0v) is 11.6. The molecule has 1 heterocycles. The van der Waals surface area contributed by atoms with Gasteiger partial charge in [0.2, 0.25) is 10.0 Å². The average Bonchev–Trinajstić information content (AvgIpc) is 3.07. The fourth-order valence-electron chi connectivity index (χ4n) is 1.99. The van der Waals surface area contributed by atoms with E-state index in [1.807, 2.05) is 6.92 Å². The Morgan fingerprint density at radius 2 is 2.28 bits per heavy atom. The third kappa shape index (κ3) is 2.57. The van der Waals surface area contributed by atoms with Gasteiger partial charge < -0.3 is 5.73 Å². The highest BCUT2D eigenvalue weighted by molar-refractivity contribution is 7.89. The molecule has 18 heavy (non-hydrogen) atoms. The normalized spacial score (nSPS) is 18.2. The van der Waals surface area contributed by atoms with Crippen LogP contribution < -0.4 is 5.73 Å². The largest absolute Gasteiger partial charge is 0.329 e. The molecule has 0 aliphatic heterocycles. The number of nitrogens with two attached hydrogens (primary N) is 1. The van der Waals surface area contributed by atoms with Crippen molar-refractivity contribution in [3.63, 3.8) is 0 Å². The van der Waals surface area contributed by atoms with Crippen molar-refractivity contribution in [3.05, 3.63) is 12.4 Å². The highest BCUT2D eigenvalue weighted by atomic mass is 32.2. The molecule has 0 aromatic carbocycles. The maximum absolute atomic E-state index is 12.4. The first kappa shape index (κ1) is 13.5.